The maximum atomic E-state index is 11.7. The molecule has 1 fully saturated rings. The Bertz CT molecular complexity index is 387. The van der Waals surface area contributed by atoms with Crippen molar-refractivity contribution in [3.05, 3.63) is 11.9 Å². The number of nitrogens with one attached hydrogen (secondary N) is 2. The highest BCUT2D eigenvalue weighted by Gasteiger charge is 2.12. The number of anilines is 1. The number of nitrogens with zero attached hydrogens (tertiary/aromatic N) is 2. The van der Waals surface area contributed by atoms with Crippen molar-refractivity contribution in [1.29, 1.82) is 0 Å². The highest BCUT2D eigenvalue weighted by molar-refractivity contribution is 5.96. The number of H-pyrrole nitrogens is 1. The maximum absolute atomic E-state index is 11.7. The zero-order valence-electron chi connectivity index (χ0n) is 10.3. The first-order chi connectivity index (χ1) is 8.77. The van der Waals surface area contributed by atoms with E-state index < -0.39 is 0 Å². The van der Waals surface area contributed by atoms with E-state index in [0.717, 1.165) is 39.3 Å². The van der Waals surface area contributed by atoms with Crippen molar-refractivity contribution >= 4 is 11.6 Å². The van der Waals surface area contributed by atoms with E-state index in [1.165, 1.54) is 6.20 Å². The maximum Gasteiger partial charge on any atom is 0.271 e. The van der Waals surface area contributed by atoms with E-state index in [9.17, 15) is 4.79 Å². The predicted octanol–water partition coefficient (Wildman–Crippen LogP) is -0.556. The van der Waals surface area contributed by atoms with Gasteiger partial charge in [-0.15, -0.1) is 0 Å². The summed E-state index contributed by atoms with van der Waals surface area (Å²) >= 11 is 0. The van der Waals surface area contributed by atoms with E-state index >= 15 is 0 Å². The van der Waals surface area contributed by atoms with Crippen LogP contribution >= 0.6 is 0 Å². The fourth-order valence-electron chi connectivity index (χ4n) is 1.90. The van der Waals surface area contributed by atoms with Crippen LogP contribution in [-0.4, -0.2) is 60.4 Å². The zero-order valence-corrected chi connectivity index (χ0v) is 10.3. The van der Waals surface area contributed by atoms with Gasteiger partial charge in [-0.25, -0.2) is 0 Å². The standard InChI is InChI=1S/C11H19N5O2/c12-9-8-14-15-10(9)11(17)13-2-1-3-16-4-6-18-7-5-16/h8H,1-7,12H2,(H,13,17)(H,14,15). The lowest BCUT2D eigenvalue weighted by Crippen LogP contribution is -2.38. The Labute approximate surface area is 106 Å². The highest BCUT2D eigenvalue weighted by Crippen LogP contribution is 2.05. The summed E-state index contributed by atoms with van der Waals surface area (Å²) in [6, 6.07) is 0. The summed E-state index contributed by atoms with van der Waals surface area (Å²) < 4.78 is 5.27. The van der Waals surface area contributed by atoms with Crippen LogP contribution in [0.25, 0.3) is 0 Å². The van der Waals surface area contributed by atoms with Crippen molar-refractivity contribution in [2.45, 2.75) is 6.42 Å². The van der Waals surface area contributed by atoms with Gasteiger partial charge < -0.3 is 15.8 Å². The Morgan fingerprint density at radius 1 is 1.56 bits per heavy atom. The first kappa shape index (κ1) is 12.8. The molecule has 0 radical (unpaired) electrons. The molecule has 7 nitrogen and oxygen atoms in total. The number of nitrogen functional groups attached to an aromatic ring is 1. The molecule has 0 spiro atoms. The molecule has 4 N–H and O–H groups in total. The Balaban J connectivity index is 1.63. The van der Waals surface area contributed by atoms with Gasteiger partial charge in [0.05, 0.1) is 25.1 Å². The van der Waals surface area contributed by atoms with Gasteiger partial charge in [0, 0.05) is 19.6 Å². The Hall–Kier alpha value is -1.60. The molecule has 2 heterocycles. The molecule has 1 aromatic heterocycles. The fraction of sp³-hybridized carbons (Fsp3) is 0.636. The molecule has 0 saturated carbocycles. The Morgan fingerprint density at radius 2 is 2.33 bits per heavy atom. The minimum Gasteiger partial charge on any atom is -0.396 e. The normalized spacial score (nSPS) is 16.7. The van der Waals surface area contributed by atoms with Gasteiger partial charge in [-0.2, -0.15) is 5.10 Å². The minimum absolute atomic E-state index is 0.202. The van der Waals surface area contributed by atoms with Gasteiger partial charge in [-0.05, 0) is 13.0 Å². The summed E-state index contributed by atoms with van der Waals surface area (Å²) in [5, 5.41) is 9.11. The second kappa shape index (κ2) is 6.36. The van der Waals surface area contributed by atoms with Crippen molar-refractivity contribution < 1.29 is 9.53 Å². The van der Waals surface area contributed by atoms with E-state index in [-0.39, 0.29) is 5.91 Å². The van der Waals surface area contributed by atoms with E-state index in [4.69, 9.17) is 10.5 Å². The zero-order chi connectivity index (χ0) is 12.8. The highest BCUT2D eigenvalue weighted by atomic mass is 16.5. The summed E-state index contributed by atoms with van der Waals surface area (Å²) in [6.07, 6.45) is 2.35. The molecule has 0 bridgehead atoms. The van der Waals surface area contributed by atoms with Crippen molar-refractivity contribution in [3.8, 4) is 0 Å². The van der Waals surface area contributed by atoms with Crippen molar-refractivity contribution in [3.63, 3.8) is 0 Å². The molecule has 0 atom stereocenters. The second-order valence-corrected chi connectivity index (χ2v) is 4.26. The van der Waals surface area contributed by atoms with Gasteiger partial charge in [-0.3, -0.25) is 14.8 Å². The number of nitrogens with two attached hydrogens (primary N) is 1. The van der Waals surface area contributed by atoms with Gasteiger partial charge >= 0.3 is 0 Å². The topological polar surface area (TPSA) is 96.3 Å². The van der Waals surface area contributed by atoms with Gasteiger partial charge in [0.15, 0.2) is 0 Å². The molecule has 1 aromatic rings. The number of aromatic nitrogens is 2. The average molecular weight is 253 g/mol. The van der Waals surface area contributed by atoms with Crippen LogP contribution in [0, 0.1) is 0 Å². The monoisotopic (exact) mass is 253 g/mol. The van der Waals surface area contributed by atoms with Crippen molar-refractivity contribution in [2.24, 2.45) is 0 Å². The molecule has 1 aliphatic heterocycles. The third-order valence-corrected chi connectivity index (χ3v) is 2.94. The number of rotatable bonds is 5. The number of hydrogen-bond acceptors (Lipinski definition) is 5. The molecule has 1 amide bonds. The van der Waals surface area contributed by atoms with Crippen LogP contribution in [-0.2, 0) is 4.74 Å². The van der Waals surface area contributed by atoms with Crippen LogP contribution in [0.3, 0.4) is 0 Å². The molecule has 1 aliphatic rings. The smallest absolute Gasteiger partial charge is 0.271 e. The molecule has 2 rings (SSSR count). The molecule has 1 saturated heterocycles. The lowest BCUT2D eigenvalue weighted by Gasteiger charge is -2.26. The van der Waals surface area contributed by atoms with Crippen molar-refractivity contribution in [2.75, 3.05) is 45.1 Å². The summed E-state index contributed by atoms with van der Waals surface area (Å²) in [7, 11) is 0. The third-order valence-electron chi connectivity index (χ3n) is 2.94. The molecule has 0 unspecified atom stereocenters. The number of morpholine rings is 1. The number of aromatic amines is 1. The molecule has 7 heteroatoms. The number of hydrogen-bond donors (Lipinski definition) is 3. The summed E-state index contributed by atoms with van der Waals surface area (Å²) in [5.41, 5.74) is 6.30. The van der Waals surface area contributed by atoms with Crippen LogP contribution in [0.2, 0.25) is 0 Å². The summed E-state index contributed by atoms with van der Waals surface area (Å²) in [6.45, 7) is 5.16. The van der Waals surface area contributed by atoms with Crippen LogP contribution in [0.4, 0.5) is 5.69 Å². The number of carbonyl (C=O) groups excluding carboxylic acids is 1. The van der Waals surface area contributed by atoms with E-state index in [1.54, 1.807) is 0 Å². The molecule has 18 heavy (non-hydrogen) atoms. The molecule has 0 aromatic carbocycles. The Morgan fingerprint density at radius 3 is 3.00 bits per heavy atom. The summed E-state index contributed by atoms with van der Waals surface area (Å²) in [4.78, 5) is 14.0. The molecular formula is C11H19N5O2. The van der Waals surface area contributed by atoms with Gasteiger partial charge in [0.2, 0.25) is 0 Å². The minimum atomic E-state index is -0.202. The number of ether oxygens (including phenoxy) is 1. The second-order valence-electron chi connectivity index (χ2n) is 4.26. The van der Waals surface area contributed by atoms with Crippen LogP contribution < -0.4 is 11.1 Å². The lowest BCUT2D eigenvalue weighted by molar-refractivity contribution is 0.0374. The van der Waals surface area contributed by atoms with E-state index in [0.29, 0.717) is 17.9 Å². The quantitative estimate of drug-likeness (QED) is 0.611. The molecule has 100 valence electrons. The van der Waals surface area contributed by atoms with Gasteiger partial charge in [-0.1, -0.05) is 0 Å². The Kier molecular flexibility index (Phi) is 4.54. The third kappa shape index (κ3) is 3.44. The predicted molar refractivity (Wildman–Crippen MR) is 67.2 cm³/mol. The first-order valence-electron chi connectivity index (χ1n) is 6.14. The largest absolute Gasteiger partial charge is 0.396 e. The van der Waals surface area contributed by atoms with Gasteiger partial charge in [0.25, 0.3) is 5.91 Å². The summed E-state index contributed by atoms with van der Waals surface area (Å²) in [5.74, 6) is -0.202. The SMILES string of the molecule is Nc1cn[nH]c1C(=O)NCCCN1CCOCC1. The van der Waals surface area contributed by atoms with Crippen LogP contribution in [0.5, 0.6) is 0 Å². The van der Waals surface area contributed by atoms with Crippen LogP contribution in [0.1, 0.15) is 16.9 Å². The average Bonchev–Trinajstić information content (AvgIpc) is 2.82. The van der Waals surface area contributed by atoms with E-state index in [1.807, 2.05) is 0 Å². The van der Waals surface area contributed by atoms with Crippen molar-refractivity contribution in [1.82, 2.24) is 20.4 Å². The number of carbonyl (C=O) groups is 1. The molecule has 0 aliphatic carbocycles. The first-order valence-corrected chi connectivity index (χ1v) is 6.14. The molecular weight excluding hydrogens is 234 g/mol. The number of amides is 1. The van der Waals surface area contributed by atoms with E-state index in [2.05, 4.69) is 20.4 Å². The van der Waals surface area contributed by atoms with Crippen LogP contribution in [0.15, 0.2) is 6.20 Å². The van der Waals surface area contributed by atoms with Gasteiger partial charge in [0.1, 0.15) is 5.69 Å². The lowest BCUT2D eigenvalue weighted by atomic mass is 10.3. The fourth-order valence-corrected chi connectivity index (χ4v) is 1.90.